The van der Waals surface area contributed by atoms with Crippen molar-refractivity contribution in [3.05, 3.63) is 0 Å². The predicted octanol–water partition coefficient (Wildman–Crippen LogP) is 4.48. The van der Waals surface area contributed by atoms with Gasteiger partial charge in [-0.3, -0.25) is 0 Å². The highest BCUT2D eigenvalue weighted by Gasteiger charge is 2.30. The first-order chi connectivity index (χ1) is 7.92. The maximum absolute atomic E-state index is 4.64. The molecule has 0 N–H and O–H groups in total. The number of hydrogen-bond acceptors (Lipinski definition) is 2. The summed E-state index contributed by atoms with van der Waals surface area (Å²) in [5.74, 6) is 1.74. The molecular formula is C15H33NS. The molecule has 0 aliphatic carbocycles. The Morgan fingerprint density at radius 2 is 1.53 bits per heavy atom. The van der Waals surface area contributed by atoms with E-state index in [1.165, 1.54) is 32.2 Å². The molecule has 0 saturated carbocycles. The summed E-state index contributed by atoms with van der Waals surface area (Å²) in [4.78, 5) is 2.53. The molecule has 0 fully saturated rings. The molecule has 1 unspecified atom stereocenters. The van der Waals surface area contributed by atoms with E-state index >= 15 is 0 Å². The molecule has 0 heterocycles. The third kappa shape index (κ3) is 5.65. The smallest absolute Gasteiger partial charge is 0.00871 e. The third-order valence-electron chi connectivity index (χ3n) is 4.14. The van der Waals surface area contributed by atoms with Gasteiger partial charge in [0.25, 0.3) is 0 Å². The van der Waals surface area contributed by atoms with E-state index in [-0.39, 0.29) is 0 Å². The number of rotatable bonds is 9. The van der Waals surface area contributed by atoms with Crippen molar-refractivity contribution in [2.24, 2.45) is 11.3 Å². The van der Waals surface area contributed by atoms with Gasteiger partial charge in [-0.05, 0) is 43.9 Å². The van der Waals surface area contributed by atoms with Crippen molar-refractivity contribution in [1.29, 1.82) is 0 Å². The van der Waals surface area contributed by atoms with Gasteiger partial charge in [0, 0.05) is 12.6 Å². The summed E-state index contributed by atoms with van der Waals surface area (Å²) in [7, 11) is 2.27. The highest BCUT2D eigenvalue weighted by atomic mass is 32.1. The molecule has 2 heteroatoms. The molecule has 0 rings (SSSR count). The normalized spacial score (nSPS) is 14.6. The fourth-order valence-electron chi connectivity index (χ4n) is 2.73. The molecule has 0 spiro atoms. The van der Waals surface area contributed by atoms with Gasteiger partial charge in [-0.25, -0.2) is 0 Å². The van der Waals surface area contributed by atoms with Gasteiger partial charge >= 0.3 is 0 Å². The Kier molecular flexibility index (Phi) is 8.57. The molecule has 1 atom stereocenters. The topological polar surface area (TPSA) is 3.24 Å². The SMILES string of the molecule is CCCC(CS)(CCC)CN(C)C(C)C(C)C. The summed E-state index contributed by atoms with van der Waals surface area (Å²) in [6, 6.07) is 0.656. The van der Waals surface area contributed by atoms with Crippen molar-refractivity contribution in [2.75, 3.05) is 19.3 Å². The maximum atomic E-state index is 4.64. The van der Waals surface area contributed by atoms with Gasteiger partial charge in [-0.2, -0.15) is 12.6 Å². The second-order valence-corrected chi connectivity index (χ2v) is 6.37. The van der Waals surface area contributed by atoms with Crippen molar-refractivity contribution < 1.29 is 0 Å². The van der Waals surface area contributed by atoms with Crippen molar-refractivity contribution in [3.8, 4) is 0 Å². The molecule has 0 aromatic rings. The number of thiol groups is 1. The molecule has 0 radical (unpaired) electrons. The van der Waals surface area contributed by atoms with Crippen molar-refractivity contribution >= 4 is 12.6 Å². The molecule has 0 aromatic carbocycles. The quantitative estimate of drug-likeness (QED) is 0.598. The summed E-state index contributed by atoms with van der Waals surface area (Å²) < 4.78 is 0. The van der Waals surface area contributed by atoms with E-state index in [0.717, 1.165) is 11.7 Å². The predicted molar refractivity (Wildman–Crippen MR) is 83.0 cm³/mol. The van der Waals surface area contributed by atoms with Crippen LogP contribution in [0, 0.1) is 11.3 Å². The van der Waals surface area contributed by atoms with Crippen LogP contribution < -0.4 is 0 Å². The lowest BCUT2D eigenvalue weighted by molar-refractivity contribution is 0.118. The summed E-state index contributed by atoms with van der Waals surface area (Å²) in [5.41, 5.74) is 0.421. The Morgan fingerprint density at radius 1 is 1.06 bits per heavy atom. The molecule has 0 bridgehead atoms. The van der Waals surface area contributed by atoms with E-state index < -0.39 is 0 Å². The molecule has 0 aromatic heterocycles. The lowest BCUT2D eigenvalue weighted by Crippen LogP contribution is -2.43. The molecule has 1 nitrogen and oxygen atoms in total. The zero-order valence-electron chi connectivity index (χ0n) is 12.8. The average Bonchev–Trinajstić information content (AvgIpc) is 2.28. The zero-order chi connectivity index (χ0) is 13.5. The van der Waals surface area contributed by atoms with Crippen molar-refractivity contribution in [2.45, 2.75) is 66.3 Å². The van der Waals surface area contributed by atoms with Gasteiger partial charge < -0.3 is 4.90 Å². The third-order valence-corrected chi connectivity index (χ3v) is 4.81. The van der Waals surface area contributed by atoms with E-state index in [0.29, 0.717) is 11.5 Å². The first kappa shape index (κ1) is 17.3. The standard InChI is InChI=1S/C15H33NS/c1-7-9-15(12-17,10-8-2)11-16(6)14(5)13(3)4/h13-14,17H,7-12H2,1-6H3. The van der Waals surface area contributed by atoms with Crippen LogP contribution in [0.5, 0.6) is 0 Å². The Bertz CT molecular complexity index is 185. The average molecular weight is 260 g/mol. The van der Waals surface area contributed by atoms with E-state index in [4.69, 9.17) is 0 Å². The fraction of sp³-hybridized carbons (Fsp3) is 1.00. The highest BCUT2D eigenvalue weighted by Crippen LogP contribution is 2.33. The van der Waals surface area contributed by atoms with Crippen LogP contribution in [0.15, 0.2) is 0 Å². The molecule has 17 heavy (non-hydrogen) atoms. The molecule has 0 saturated heterocycles. The first-order valence-electron chi connectivity index (χ1n) is 7.23. The second kappa shape index (κ2) is 8.42. The Labute approximate surface area is 115 Å². The molecule has 0 aliphatic heterocycles. The van der Waals surface area contributed by atoms with Crippen molar-refractivity contribution in [3.63, 3.8) is 0 Å². The summed E-state index contributed by atoms with van der Waals surface area (Å²) in [6.45, 7) is 12.7. The summed E-state index contributed by atoms with van der Waals surface area (Å²) in [6.07, 6.45) is 5.15. The Hall–Kier alpha value is 0.310. The molecular weight excluding hydrogens is 226 g/mol. The Morgan fingerprint density at radius 3 is 1.82 bits per heavy atom. The van der Waals surface area contributed by atoms with Crippen LogP contribution in [0.25, 0.3) is 0 Å². The van der Waals surface area contributed by atoms with Gasteiger partial charge in [0.05, 0.1) is 0 Å². The van der Waals surface area contributed by atoms with Gasteiger partial charge in [0.1, 0.15) is 0 Å². The maximum Gasteiger partial charge on any atom is 0.00871 e. The van der Waals surface area contributed by atoms with Crippen LogP contribution in [-0.4, -0.2) is 30.3 Å². The van der Waals surface area contributed by atoms with E-state index in [9.17, 15) is 0 Å². The minimum Gasteiger partial charge on any atom is -0.303 e. The van der Waals surface area contributed by atoms with Crippen LogP contribution in [0.3, 0.4) is 0 Å². The minimum absolute atomic E-state index is 0.421. The van der Waals surface area contributed by atoms with Gasteiger partial charge in [-0.1, -0.05) is 40.5 Å². The lowest BCUT2D eigenvalue weighted by atomic mass is 9.80. The van der Waals surface area contributed by atoms with Crippen molar-refractivity contribution in [1.82, 2.24) is 4.90 Å². The van der Waals surface area contributed by atoms with Crippen LogP contribution in [0.4, 0.5) is 0 Å². The Balaban J connectivity index is 4.60. The number of nitrogens with zero attached hydrogens (tertiary/aromatic N) is 1. The van der Waals surface area contributed by atoms with Crippen LogP contribution >= 0.6 is 12.6 Å². The van der Waals surface area contributed by atoms with E-state index in [1.54, 1.807) is 0 Å². The monoisotopic (exact) mass is 259 g/mol. The summed E-state index contributed by atoms with van der Waals surface area (Å²) >= 11 is 4.64. The fourth-order valence-corrected chi connectivity index (χ4v) is 3.15. The van der Waals surface area contributed by atoms with Gasteiger partial charge in [0.2, 0.25) is 0 Å². The molecule has 0 amide bonds. The number of hydrogen-bond donors (Lipinski definition) is 1. The lowest BCUT2D eigenvalue weighted by Gasteiger charge is -2.39. The van der Waals surface area contributed by atoms with Gasteiger partial charge in [0.15, 0.2) is 0 Å². The molecule has 104 valence electrons. The second-order valence-electron chi connectivity index (χ2n) is 6.06. The first-order valence-corrected chi connectivity index (χ1v) is 7.86. The van der Waals surface area contributed by atoms with E-state index in [1.807, 2.05) is 0 Å². The van der Waals surface area contributed by atoms with Gasteiger partial charge in [-0.15, -0.1) is 0 Å². The zero-order valence-corrected chi connectivity index (χ0v) is 13.7. The van der Waals surface area contributed by atoms with E-state index in [2.05, 4.69) is 59.2 Å². The van der Waals surface area contributed by atoms with Crippen LogP contribution in [0.2, 0.25) is 0 Å². The largest absolute Gasteiger partial charge is 0.303 e. The molecule has 0 aliphatic rings. The van der Waals surface area contributed by atoms with Crippen LogP contribution in [0.1, 0.15) is 60.3 Å². The highest BCUT2D eigenvalue weighted by molar-refractivity contribution is 7.80. The van der Waals surface area contributed by atoms with Crippen LogP contribution in [-0.2, 0) is 0 Å². The minimum atomic E-state index is 0.421. The summed E-state index contributed by atoms with van der Waals surface area (Å²) in [5, 5.41) is 0.